The van der Waals surface area contributed by atoms with Crippen LogP contribution in [0.5, 0.6) is 11.5 Å². The summed E-state index contributed by atoms with van der Waals surface area (Å²) in [5.74, 6) is 1.66. The highest BCUT2D eigenvalue weighted by Crippen LogP contribution is 2.31. The predicted octanol–water partition coefficient (Wildman–Crippen LogP) is 2.95. The summed E-state index contributed by atoms with van der Waals surface area (Å²) in [6.45, 7) is 7.28. The van der Waals surface area contributed by atoms with Gasteiger partial charge in [-0.1, -0.05) is 13.8 Å². The molecule has 0 spiro atoms. The van der Waals surface area contributed by atoms with Crippen LogP contribution in [0, 0.1) is 5.92 Å². The van der Waals surface area contributed by atoms with Gasteiger partial charge in [-0.15, -0.1) is 0 Å². The molecule has 124 valence electrons. The molecule has 1 aliphatic heterocycles. The summed E-state index contributed by atoms with van der Waals surface area (Å²) in [6, 6.07) is 4.67. The molecule has 1 N–H and O–H groups in total. The van der Waals surface area contributed by atoms with Crippen molar-refractivity contribution in [2.75, 3.05) is 13.2 Å². The van der Waals surface area contributed by atoms with E-state index in [-0.39, 0.29) is 10.9 Å². The van der Waals surface area contributed by atoms with Gasteiger partial charge >= 0.3 is 0 Å². The fraction of sp³-hybridized carbons (Fsp3) is 0.625. The molecule has 0 radical (unpaired) electrons. The predicted molar refractivity (Wildman–Crippen MR) is 85.9 cm³/mol. The summed E-state index contributed by atoms with van der Waals surface area (Å²) >= 11 is 0. The Balaban J connectivity index is 2.10. The normalized spacial score (nSPS) is 16.4. The quantitative estimate of drug-likeness (QED) is 0.872. The van der Waals surface area contributed by atoms with Crippen molar-refractivity contribution in [3.63, 3.8) is 0 Å². The topological polar surface area (TPSA) is 64.6 Å². The molecule has 22 heavy (non-hydrogen) atoms. The van der Waals surface area contributed by atoms with Crippen molar-refractivity contribution in [1.82, 2.24) is 4.72 Å². The summed E-state index contributed by atoms with van der Waals surface area (Å²) in [6.07, 6.45) is 2.60. The molecule has 1 aromatic carbocycles. The van der Waals surface area contributed by atoms with Crippen molar-refractivity contribution in [1.29, 1.82) is 0 Å². The van der Waals surface area contributed by atoms with Crippen LogP contribution in [0.25, 0.3) is 0 Å². The Kier molecular flexibility index (Phi) is 5.69. The van der Waals surface area contributed by atoms with Crippen molar-refractivity contribution in [2.24, 2.45) is 5.92 Å². The minimum absolute atomic E-state index is 0.0941. The van der Waals surface area contributed by atoms with Crippen LogP contribution >= 0.6 is 0 Å². The molecule has 1 aliphatic rings. The van der Waals surface area contributed by atoms with E-state index in [1.807, 2.05) is 6.92 Å². The van der Waals surface area contributed by atoms with Gasteiger partial charge in [0.1, 0.15) is 0 Å². The lowest BCUT2D eigenvalue weighted by atomic mass is 10.1. The van der Waals surface area contributed by atoms with Crippen LogP contribution in [0.2, 0.25) is 0 Å². The van der Waals surface area contributed by atoms with Crippen molar-refractivity contribution in [3.05, 3.63) is 18.2 Å². The first-order valence-corrected chi connectivity index (χ1v) is 9.29. The highest BCUT2D eigenvalue weighted by atomic mass is 32.2. The van der Waals surface area contributed by atoms with E-state index in [4.69, 9.17) is 9.47 Å². The summed E-state index contributed by atoms with van der Waals surface area (Å²) in [4.78, 5) is 0.216. The van der Waals surface area contributed by atoms with Gasteiger partial charge in [-0.25, -0.2) is 13.1 Å². The molecule has 0 aliphatic carbocycles. The fourth-order valence-corrected chi connectivity index (χ4v) is 3.58. The molecular formula is C16H25NO4S. The second-order valence-corrected chi connectivity index (χ2v) is 7.87. The van der Waals surface area contributed by atoms with E-state index in [9.17, 15) is 8.42 Å². The van der Waals surface area contributed by atoms with E-state index in [2.05, 4.69) is 18.6 Å². The molecule has 0 bridgehead atoms. The van der Waals surface area contributed by atoms with Crippen LogP contribution in [0.4, 0.5) is 0 Å². The highest BCUT2D eigenvalue weighted by Gasteiger charge is 2.20. The molecular weight excluding hydrogens is 302 g/mol. The first kappa shape index (κ1) is 17.1. The number of nitrogens with one attached hydrogen (secondary N) is 1. The van der Waals surface area contributed by atoms with E-state index < -0.39 is 10.0 Å². The third kappa shape index (κ3) is 4.61. The Morgan fingerprint density at radius 3 is 2.45 bits per heavy atom. The average molecular weight is 327 g/mol. The van der Waals surface area contributed by atoms with Crippen molar-refractivity contribution in [3.8, 4) is 11.5 Å². The first-order valence-electron chi connectivity index (χ1n) is 7.80. The second-order valence-electron chi connectivity index (χ2n) is 6.15. The Morgan fingerprint density at radius 1 is 1.09 bits per heavy atom. The largest absolute Gasteiger partial charge is 0.490 e. The third-order valence-corrected chi connectivity index (χ3v) is 5.15. The van der Waals surface area contributed by atoms with Crippen LogP contribution in [0.3, 0.4) is 0 Å². The van der Waals surface area contributed by atoms with Gasteiger partial charge < -0.3 is 9.47 Å². The molecule has 2 rings (SSSR count). The molecule has 1 atom stereocenters. The van der Waals surface area contributed by atoms with Gasteiger partial charge in [0.15, 0.2) is 11.5 Å². The van der Waals surface area contributed by atoms with E-state index in [1.54, 1.807) is 12.1 Å². The van der Waals surface area contributed by atoms with E-state index in [0.29, 0.717) is 30.6 Å². The van der Waals surface area contributed by atoms with Crippen LogP contribution in [-0.2, 0) is 10.0 Å². The SMILES string of the molecule is CC(C)CCC(C)NS(=O)(=O)c1ccc2c(c1)OCCCO2. The van der Waals surface area contributed by atoms with Crippen LogP contribution < -0.4 is 14.2 Å². The number of hydrogen-bond acceptors (Lipinski definition) is 4. The lowest BCUT2D eigenvalue weighted by Crippen LogP contribution is -2.32. The molecule has 1 aromatic rings. The fourth-order valence-electron chi connectivity index (χ4n) is 2.29. The maximum Gasteiger partial charge on any atom is 0.240 e. The molecule has 6 heteroatoms. The Morgan fingerprint density at radius 2 is 1.77 bits per heavy atom. The van der Waals surface area contributed by atoms with Crippen molar-refractivity contribution in [2.45, 2.75) is 51.0 Å². The van der Waals surface area contributed by atoms with Gasteiger partial charge in [-0.05, 0) is 37.8 Å². The minimum Gasteiger partial charge on any atom is -0.490 e. The van der Waals surface area contributed by atoms with E-state index in [0.717, 1.165) is 19.3 Å². The monoisotopic (exact) mass is 327 g/mol. The summed E-state index contributed by atoms with van der Waals surface area (Å²) in [5, 5.41) is 0. The summed E-state index contributed by atoms with van der Waals surface area (Å²) < 4.78 is 38.7. The third-order valence-electron chi connectivity index (χ3n) is 3.56. The van der Waals surface area contributed by atoms with E-state index >= 15 is 0 Å². The Hall–Kier alpha value is -1.27. The van der Waals surface area contributed by atoms with Gasteiger partial charge in [0, 0.05) is 18.5 Å². The zero-order chi connectivity index (χ0) is 16.2. The number of benzene rings is 1. The average Bonchev–Trinajstić information content (AvgIpc) is 2.69. The van der Waals surface area contributed by atoms with Gasteiger partial charge in [-0.3, -0.25) is 0 Å². The molecule has 0 saturated carbocycles. The van der Waals surface area contributed by atoms with Gasteiger partial charge in [0.05, 0.1) is 18.1 Å². The number of hydrogen-bond donors (Lipinski definition) is 1. The zero-order valence-corrected chi connectivity index (χ0v) is 14.3. The summed E-state index contributed by atoms with van der Waals surface area (Å²) in [7, 11) is -3.54. The minimum atomic E-state index is -3.54. The molecule has 0 fully saturated rings. The molecule has 0 amide bonds. The summed E-state index contributed by atoms with van der Waals surface area (Å²) in [5.41, 5.74) is 0. The number of ether oxygens (including phenoxy) is 2. The number of rotatable bonds is 6. The van der Waals surface area contributed by atoms with Crippen molar-refractivity contribution < 1.29 is 17.9 Å². The van der Waals surface area contributed by atoms with Gasteiger partial charge in [0.2, 0.25) is 10.0 Å². The molecule has 1 heterocycles. The Bertz CT molecular complexity index is 598. The standard InChI is InChI=1S/C16H25NO4S/c1-12(2)5-6-13(3)17-22(18,19)14-7-8-15-16(11-14)21-10-4-9-20-15/h7-8,11-13,17H,4-6,9-10H2,1-3H3. The number of fused-ring (bicyclic) bond motifs is 1. The van der Waals surface area contributed by atoms with Crippen LogP contribution in [0.1, 0.15) is 40.0 Å². The van der Waals surface area contributed by atoms with Crippen molar-refractivity contribution >= 4 is 10.0 Å². The molecule has 5 nitrogen and oxygen atoms in total. The lowest BCUT2D eigenvalue weighted by Gasteiger charge is -2.16. The zero-order valence-electron chi connectivity index (χ0n) is 13.5. The van der Waals surface area contributed by atoms with Crippen LogP contribution in [-0.4, -0.2) is 27.7 Å². The maximum atomic E-state index is 12.5. The Labute approximate surface area is 133 Å². The van der Waals surface area contributed by atoms with Gasteiger partial charge in [-0.2, -0.15) is 0 Å². The first-order chi connectivity index (χ1) is 10.4. The smallest absolute Gasteiger partial charge is 0.240 e. The molecule has 1 unspecified atom stereocenters. The second kappa shape index (κ2) is 7.33. The van der Waals surface area contributed by atoms with Gasteiger partial charge in [0.25, 0.3) is 0 Å². The lowest BCUT2D eigenvalue weighted by molar-refractivity contribution is 0.297. The van der Waals surface area contributed by atoms with Crippen LogP contribution in [0.15, 0.2) is 23.1 Å². The maximum absolute atomic E-state index is 12.5. The molecule has 0 saturated heterocycles. The number of sulfonamides is 1. The molecule has 0 aromatic heterocycles. The highest BCUT2D eigenvalue weighted by molar-refractivity contribution is 7.89. The van der Waals surface area contributed by atoms with E-state index in [1.165, 1.54) is 6.07 Å².